The van der Waals surface area contributed by atoms with Gasteiger partial charge < -0.3 is 4.74 Å². The highest BCUT2D eigenvalue weighted by atomic mass is 32.1. The Hall–Kier alpha value is -0.920. The van der Waals surface area contributed by atoms with Gasteiger partial charge in [-0.1, -0.05) is 0 Å². The summed E-state index contributed by atoms with van der Waals surface area (Å²) in [7, 11) is 1.64. The molecule has 1 aromatic heterocycles. The summed E-state index contributed by atoms with van der Waals surface area (Å²) in [5, 5.41) is 11.7. The van der Waals surface area contributed by atoms with Crippen molar-refractivity contribution in [2.45, 2.75) is 25.9 Å². The van der Waals surface area contributed by atoms with Crippen LogP contribution in [0.15, 0.2) is 5.38 Å². The van der Waals surface area contributed by atoms with Gasteiger partial charge in [0.05, 0.1) is 23.8 Å². The molecule has 4 heteroatoms. The van der Waals surface area contributed by atoms with Gasteiger partial charge in [0.15, 0.2) is 0 Å². The molecule has 0 radical (unpaired) electrons. The van der Waals surface area contributed by atoms with Gasteiger partial charge in [-0.25, -0.2) is 4.98 Å². The molecule has 0 aromatic carbocycles. The molecular formula is C9H12N2OS. The zero-order chi connectivity index (χ0) is 9.90. The Bertz CT molecular complexity index is 325. The fraction of sp³-hybridized carbons (Fsp3) is 0.556. The number of methoxy groups -OCH3 is 1. The maximum Gasteiger partial charge on any atom is 0.119 e. The predicted molar refractivity (Wildman–Crippen MR) is 51.5 cm³/mol. The van der Waals surface area contributed by atoms with Gasteiger partial charge in [-0.3, -0.25) is 0 Å². The first kappa shape index (κ1) is 10.2. The number of hydrogen-bond acceptors (Lipinski definition) is 4. The minimum Gasteiger partial charge on any atom is -0.378 e. The lowest BCUT2D eigenvalue weighted by atomic mass is 9.92. The second kappa shape index (κ2) is 3.86. The number of rotatable bonds is 3. The molecule has 1 heterocycles. The van der Waals surface area contributed by atoms with Gasteiger partial charge in [-0.05, 0) is 13.8 Å². The molecular weight excluding hydrogens is 184 g/mol. The Labute approximate surface area is 82.0 Å². The van der Waals surface area contributed by atoms with E-state index in [0.717, 1.165) is 10.7 Å². The second-order valence-electron chi connectivity index (χ2n) is 3.30. The van der Waals surface area contributed by atoms with Crippen molar-refractivity contribution >= 4 is 11.3 Å². The zero-order valence-corrected chi connectivity index (χ0v) is 8.81. The van der Waals surface area contributed by atoms with E-state index in [-0.39, 0.29) is 0 Å². The van der Waals surface area contributed by atoms with E-state index in [2.05, 4.69) is 11.1 Å². The molecule has 0 bridgehead atoms. The molecule has 0 atom stereocenters. The van der Waals surface area contributed by atoms with Crippen molar-refractivity contribution < 1.29 is 4.74 Å². The van der Waals surface area contributed by atoms with Crippen molar-refractivity contribution in [1.29, 1.82) is 5.26 Å². The largest absolute Gasteiger partial charge is 0.378 e. The van der Waals surface area contributed by atoms with E-state index in [9.17, 15) is 0 Å². The van der Waals surface area contributed by atoms with Crippen LogP contribution >= 0.6 is 11.3 Å². The van der Waals surface area contributed by atoms with Crippen LogP contribution in [-0.2, 0) is 16.8 Å². The summed E-state index contributed by atoms with van der Waals surface area (Å²) in [4.78, 5) is 4.31. The van der Waals surface area contributed by atoms with Crippen LogP contribution in [0.4, 0.5) is 0 Å². The summed E-state index contributed by atoms with van der Waals surface area (Å²) >= 11 is 1.53. The van der Waals surface area contributed by atoms with Gasteiger partial charge in [0, 0.05) is 12.5 Å². The number of aromatic nitrogens is 1. The molecule has 1 aromatic rings. The minimum absolute atomic E-state index is 0.498. The summed E-state index contributed by atoms with van der Waals surface area (Å²) < 4.78 is 4.95. The third-order valence-electron chi connectivity index (χ3n) is 1.74. The van der Waals surface area contributed by atoms with E-state index in [1.807, 2.05) is 19.2 Å². The van der Waals surface area contributed by atoms with Crippen molar-refractivity contribution in [2.24, 2.45) is 0 Å². The van der Waals surface area contributed by atoms with Gasteiger partial charge in [-0.2, -0.15) is 5.26 Å². The van der Waals surface area contributed by atoms with Crippen LogP contribution in [0.25, 0.3) is 0 Å². The monoisotopic (exact) mass is 196 g/mol. The topological polar surface area (TPSA) is 45.9 Å². The zero-order valence-electron chi connectivity index (χ0n) is 8.00. The van der Waals surface area contributed by atoms with Crippen molar-refractivity contribution in [3.8, 4) is 6.07 Å². The van der Waals surface area contributed by atoms with E-state index < -0.39 is 5.41 Å². The third kappa shape index (κ3) is 2.27. The van der Waals surface area contributed by atoms with E-state index in [4.69, 9.17) is 10.00 Å². The Morgan fingerprint density at radius 2 is 2.38 bits per heavy atom. The molecule has 0 aliphatic carbocycles. The van der Waals surface area contributed by atoms with Crippen LogP contribution < -0.4 is 0 Å². The van der Waals surface area contributed by atoms with E-state index >= 15 is 0 Å². The minimum atomic E-state index is -0.498. The lowest BCUT2D eigenvalue weighted by Gasteiger charge is -2.10. The molecule has 0 spiro atoms. The molecule has 0 saturated heterocycles. The number of nitrogens with zero attached hydrogens (tertiary/aromatic N) is 2. The third-order valence-corrected chi connectivity index (χ3v) is 2.56. The van der Waals surface area contributed by atoms with Gasteiger partial charge in [0.1, 0.15) is 5.01 Å². The van der Waals surface area contributed by atoms with Crippen LogP contribution in [0.2, 0.25) is 0 Å². The molecule has 0 fully saturated rings. The maximum absolute atomic E-state index is 8.87. The van der Waals surface area contributed by atoms with Crippen molar-refractivity contribution in [1.82, 2.24) is 4.98 Å². The summed E-state index contributed by atoms with van der Waals surface area (Å²) in [5.74, 6) is 0. The van der Waals surface area contributed by atoms with Crippen LogP contribution in [-0.4, -0.2) is 12.1 Å². The Balaban J connectivity index is 2.87. The predicted octanol–water partition coefficient (Wildman–Crippen LogP) is 2.09. The molecule has 0 aliphatic rings. The summed E-state index contributed by atoms with van der Waals surface area (Å²) in [5.41, 5.74) is 0.328. The molecule has 0 unspecified atom stereocenters. The molecule has 70 valence electrons. The SMILES string of the molecule is COCc1nc(C(C)(C)C#N)cs1. The van der Waals surface area contributed by atoms with Crippen LogP contribution in [0.3, 0.4) is 0 Å². The van der Waals surface area contributed by atoms with Gasteiger partial charge >= 0.3 is 0 Å². The van der Waals surface area contributed by atoms with E-state index in [1.54, 1.807) is 7.11 Å². The average Bonchev–Trinajstić information content (AvgIpc) is 2.54. The van der Waals surface area contributed by atoms with Crippen molar-refractivity contribution in [2.75, 3.05) is 7.11 Å². The lowest BCUT2D eigenvalue weighted by Crippen LogP contribution is -2.14. The van der Waals surface area contributed by atoms with Crippen molar-refractivity contribution in [3.63, 3.8) is 0 Å². The fourth-order valence-corrected chi connectivity index (χ4v) is 1.78. The number of hydrogen-bond donors (Lipinski definition) is 0. The van der Waals surface area contributed by atoms with Crippen LogP contribution in [0.1, 0.15) is 24.5 Å². The fourth-order valence-electron chi connectivity index (χ4n) is 0.845. The highest BCUT2D eigenvalue weighted by Crippen LogP contribution is 2.23. The molecule has 3 nitrogen and oxygen atoms in total. The molecule has 0 N–H and O–H groups in total. The Morgan fingerprint density at radius 3 is 2.92 bits per heavy atom. The van der Waals surface area contributed by atoms with Crippen LogP contribution in [0.5, 0.6) is 0 Å². The normalized spacial score (nSPS) is 11.2. The highest BCUT2D eigenvalue weighted by molar-refractivity contribution is 7.09. The molecule has 0 saturated carbocycles. The Kier molecular flexibility index (Phi) is 3.02. The molecule has 13 heavy (non-hydrogen) atoms. The maximum atomic E-state index is 8.87. The van der Waals surface area contributed by atoms with E-state index in [0.29, 0.717) is 6.61 Å². The number of thiazole rings is 1. The Morgan fingerprint density at radius 1 is 1.69 bits per heavy atom. The lowest BCUT2D eigenvalue weighted by molar-refractivity contribution is 0.184. The summed E-state index contributed by atoms with van der Waals surface area (Å²) in [6.07, 6.45) is 0. The smallest absolute Gasteiger partial charge is 0.119 e. The van der Waals surface area contributed by atoms with Gasteiger partial charge in [-0.15, -0.1) is 11.3 Å². The van der Waals surface area contributed by atoms with E-state index in [1.165, 1.54) is 11.3 Å². The first-order valence-electron chi connectivity index (χ1n) is 3.95. The average molecular weight is 196 g/mol. The standard InChI is InChI=1S/C9H12N2OS/c1-9(2,6-10)7-5-13-8(11-7)4-12-3/h5H,4H2,1-3H3. The number of nitriles is 1. The first-order chi connectivity index (χ1) is 6.10. The highest BCUT2D eigenvalue weighted by Gasteiger charge is 2.22. The summed E-state index contributed by atoms with van der Waals surface area (Å²) in [6.45, 7) is 4.24. The molecule has 1 rings (SSSR count). The first-order valence-corrected chi connectivity index (χ1v) is 4.83. The van der Waals surface area contributed by atoms with Gasteiger partial charge in [0.2, 0.25) is 0 Å². The molecule has 0 amide bonds. The second-order valence-corrected chi connectivity index (χ2v) is 4.24. The number of ether oxygens (including phenoxy) is 1. The quantitative estimate of drug-likeness (QED) is 0.743. The van der Waals surface area contributed by atoms with Crippen LogP contribution in [0, 0.1) is 11.3 Å². The molecule has 0 aliphatic heterocycles. The summed E-state index contributed by atoms with van der Waals surface area (Å²) in [6, 6.07) is 2.22. The van der Waals surface area contributed by atoms with Crippen molar-refractivity contribution in [3.05, 3.63) is 16.1 Å². The van der Waals surface area contributed by atoms with Gasteiger partial charge in [0.25, 0.3) is 0 Å².